The van der Waals surface area contributed by atoms with E-state index in [1.807, 2.05) is 27.7 Å². The second-order valence-corrected chi connectivity index (χ2v) is 6.61. The Kier molecular flexibility index (Phi) is 3.72. The lowest BCUT2D eigenvalue weighted by atomic mass is 9.81. The van der Waals surface area contributed by atoms with Crippen molar-refractivity contribution in [3.8, 4) is 0 Å². The van der Waals surface area contributed by atoms with Crippen molar-refractivity contribution in [3.05, 3.63) is 11.6 Å². The summed E-state index contributed by atoms with van der Waals surface area (Å²) in [6.07, 6.45) is 1.56. The van der Waals surface area contributed by atoms with Gasteiger partial charge in [0.15, 0.2) is 0 Å². The van der Waals surface area contributed by atoms with E-state index in [0.717, 1.165) is 5.57 Å². The van der Waals surface area contributed by atoms with Crippen LogP contribution in [0.3, 0.4) is 0 Å². The summed E-state index contributed by atoms with van der Waals surface area (Å²) in [6.45, 7) is 11.8. The van der Waals surface area contributed by atoms with Crippen molar-refractivity contribution in [2.24, 2.45) is 16.7 Å². The maximum Gasteiger partial charge on any atom is 0.311 e. The average molecular weight is 240 g/mol. The van der Waals surface area contributed by atoms with Crippen LogP contribution in [0.1, 0.15) is 41.5 Å². The molecule has 0 fully saturated rings. The van der Waals surface area contributed by atoms with E-state index < -0.39 is 11.5 Å². The summed E-state index contributed by atoms with van der Waals surface area (Å²) >= 11 is 0. The lowest BCUT2D eigenvalue weighted by Gasteiger charge is -2.29. The van der Waals surface area contributed by atoms with Crippen LogP contribution in [0.25, 0.3) is 0 Å². The lowest BCUT2D eigenvalue weighted by molar-refractivity contribution is -0.156. The molecule has 0 aromatic rings. The van der Waals surface area contributed by atoms with E-state index >= 15 is 0 Å². The van der Waals surface area contributed by atoms with Crippen LogP contribution < -0.4 is 0 Å². The Morgan fingerprint density at radius 3 is 2.35 bits per heavy atom. The van der Waals surface area contributed by atoms with E-state index in [4.69, 9.17) is 4.74 Å². The molecular weight excluding hydrogens is 216 g/mol. The fraction of sp³-hybridized carbons (Fsp3) is 0.786. The molecule has 0 unspecified atom stereocenters. The molecule has 1 aliphatic carbocycles. The van der Waals surface area contributed by atoms with Gasteiger partial charge in [-0.25, -0.2) is 0 Å². The third kappa shape index (κ3) is 3.09. The average Bonchev–Trinajstić information content (AvgIpc) is 2.32. The van der Waals surface area contributed by atoms with E-state index in [-0.39, 0.29) is 23.9 Å². The van der Waals surface area contributed by atoms with Gasteiger partial charge in [-0.2, -0.15) is 0 Å². The highest BCUT2D eigenvalue weighted by molar-refractivity contribution is 5.75. The second kappa shape index (κ2) is 4.45. The van der Waals surface area contributed by atoms with Gasteiger partial charge >= 0.3 is 5.97 Å². The molecule has 1 N–H and O–H groups in total. The van der Waals surface area contributed by atoms with Crippen molar-refractivity contribution in [2.75, 3.05) is 6.61 Å². The summed E-state index contributed by atoms with van der Waals surface area (Å²) in [5, 5.41) is 10.0. The van der Waals surface area contributed by atoms with Crippen LogP contribution in [0.15, 0.2) is 11.6 Å². The number of hydrogen-bond donors (Lipinski definition) is 1. The summed E-state index contributed by atoms with van der Waals surface area (Å²) in [5.41, 5.74) is 0.351. The van der Waals surface area contributed by atoms with Crippen LogP contribution in [0.2, 0.25) is 0 Å². The van der Waals surface area contributed by atoms with E-state index in [2.05, 4.69) is 19.9 Å². The van der Waals surface area contributed by atoms with Gasteiger partial charge < -0.3 is 9.84 Å². The Bertz CT molecular complexity index is 334. The monoisotopic (exact) mass is 240 g/mol. The third-order valence-corrected chi connectivity index (χ3v) is 3.41. The molecule has 1 rings (SSSR count). The molecule has 0 heterocycles. The summed E-state index contributed by atoms with van der Waals surface area (Å²) in [4.78, 5) is 11.7. The molecule has 98 valence electrons. The molecular formula is C14H24O3. The number of esters is 1. The summed E-state index contributed by atoms with van der Waals surface area (Å²) < 4.78 is 5.31. The molecule has 0 bridgehead atoms. The van der Waals surface area contributed by atoms with Crippen LogP contribution in [-0.2, 0) is 9.53 Å². The van der Waals surface area contributed by atoms with Gasteiger partial charge in [0, 0.05) is 5.92 Å². The van der Waals surface area contributed by atoms with Crippen LogP contribution in [0.4, 0.5) is 0 Å². The molecule has 17 heavy (non-hydrogen) atoms. The minimum Gasteiger partial charge on any atom is -0.465 e. The first-order chi connectivity index (χ1) is 7.55. The molecule has 1 aliphatic rings. The van der Waals surface area contributed by atoms with Crippen molar-refractivity contribution in [3.63, 3.8) is 0 Å². The summed E-state index contributed by atoms with van der Waals surface area (Å²) in [5.74, 6) is -0.265. The maximum absolute atomic E-state index is 11.7. The smallest absolute Gasteiger partial charge is 0.311 e. The number of carbonyl (C=O) groups excluding carboxylic acids is 1. The largest absolute Gasteiger partial charge is 0.465 e. The molecule has 0 spiro atoms. The minimum absolute atomic E-state index is 0.0474. The third-order valence-electron chi connectivity index (χ3n) is 3.41. The molecule has 0 aromatic carbocycles. The Labute approximate surface area is 104 Å². The lowest BCUT2D eigenvalue weighted by Crippen LogP contribution is -2.34. The molecule has 0 radical (unpaired) electrons. The zero-order valence-electron chi connectivity index (χ0n) is 11.7. The van der Waals surface area contributed by atoms with Crippen molar-refractivity contribution < 1.29 is 14.6 Å². The number of hydrogen-bond acceptors (Lipinski definition) is 3. The molecule has 0 aromatic heterocycles. The SMILES string of the molecule is CC1=CC(C)(C)[C@@H](COC(=O)C(C)(C)C)[C@H]1O. The quantitative estimate of drug-likeness (QED) is 0.596. The number of rotatable bonds is 2. The number of ether oxygens (including phenoxy) is 1. The fourth-order valence-electron chi connectivity index (χ4n) is 2.19. The van der Waals surface area contributed by atoms with Gasteiger partial charge in [-0.1, -0.05) is 19.9 Å². The Morgan fingerprint density at radius 1 is 1.47 bits per heavy atom. The van der Waals surface area contributed by atoms with Crippen molar-refractivity contribution in [1.29, 1.82) is 0 Å². The first kappa shape index (κ1) is 14.2. The highest BCUT2D eigenvalue weighted by Crippen LogP contribution is 2.41. The number of aliphatic hydroxyl groups is 1. The Balaban J connectivity index is 2.63. The summed E-state index contributed by atoms with van der Waals surface area (Å²) in [6, 6.07) is 0. The van der Waals surface area contributed by atoms with Gasteiger partial charge in [0.05, 0.1) is 18.1 Å². The van der Waals surface area contributed by atoms with Crippen LogP contribution in [0.5, 0.6) is 0 Å². The standard InChI is InChI=1S/C14H24O3/c1-9-7-14(5,6)10(11(9)15)8-17-12(16)13(2,3)4/h7,10-11,15H,8H2,1-6H3/t10-,11-/m0/s1. The van der Waals surface area contributed by atoms with Gasteiger partial charge in [0.1, 0.15) is 0 Å². The zero-order chi connectivity index (χ0) is 13.4. The molecule has 2 atom stereocenters. The first-order valence-electron chi connectivity index (χ1n) is 6.10. The molecule has 0 amide bonds. The van der Waals surface area contributed by atoms with E-state index in [1.165, 1.54) is 0 Å². The van der Waals surface area contributed by atoms with Crippen LogP contribution in [-0.4, -0.2) is 23.8 Å². The van der Waals surface area contributed by atoms with Crippen molar-refractivity contribution in [2.45, 2.75) is 47.6 Å². The van der Waals surface area contributed by atoms with Gasteiger partial charge in [-0.15, -0.1) is 0 Å². The van der Waals surface area contributed by atoms with Crippen LogP contribution in [0, 0.1) is 16.7 Å². The normalized spacial score (nSPS) is 27.8. The molecule has 0 saturated heterocycles. The summed E-state index contributed by atoms with van der Waals surface area (Å²) in [7, 11) is 0. The van der Waals surface area contributed by atoms with Crippen molar-refractivity contribution >= 4 is 5.97 Å². The van der Waals surface area contributed by atoms with Gasteiger partial charge in [-0.3, -0.25) is 4.79 Å². The Morgan fingerprint density at radius 2 is 2.00 bits per heavy atom. The maximum atomic E-state index is 11.7. The predicted octanol–water partition coefficient (Wildman–Crippen LogP) is 2.54. The van der Waals surface area contributed by atoms with Gasteiger partial charge in [-0.05, 0) is 38.7 Å². The second-order valence-electron chi connectivity index (χ2n) is 6.61. The number of allylic oxidation sites excluding steroid dienone is 1. The highest BCUT2D eigenvalue weighted by atomic mass is 16.5. The van der Waals surface area contributed by atoms with E-state index in [0.29, 0.717) is 0 Å². The van der Waals surface area contributed by atoms with Crippen molar-refractivity contribution in [1.82, 2.24) is 0 Å². The topological polar surface area (TPSA) is 46.5 Å². The predicted molar refractivity (Wildman–Crippen MR) is 67.4 cm³/mol. The first-order valence-corrected chi connectivity index (χ1v) is 6.10. The molecule has 3 nitrogen and oxygen atoms in total. The minimum atomic E-state index is -0.502. The van der Waals surface area contributed by atoms with E-state index in [9.17, 15) is 9.90 Å². The van der Waals surface area contributed by atoms with E-state index in [1.54, 1.807) is 0 Å². The molecule has 3 heteroatoms. The van der Waals surface area contributed by atoms with Crippen LogP contribution >= 0.6 is 0 Å². The molecule has 0 saturated carbocycles. The fourth-order valence-corrected chi connectivity index (χ4v) is 2.19. The van der Waals surface area contributed by atoms with Gasteiger partial charge in [0.25, 0.3) is 0 Å². The number of carbonyl (C=O) groups is 1. The number of aliphatic hydroxyl groups excluding tert-OH is 1. The zero-order valence-corrected chi connectivity index (χ0v) is 11.7. The highest BCUT2D eigenvalue weighted by Gasteiger charge is 2.41. The Hall–Kier alpha value is -0.830. The van der Waals surface area contributed by atoms with Gasteiger partial charge in [0.2, 0.25) is 0 Å². The molecule has 0 aliphatic heterocycles.